The summed E-state index contributed by atoms with van der Waals surface area (Å²) in [5.41, 5.74) is 3.75. The number of nitrogens with zero attached hydrogens (tertiary/aromatic N) is 2. The molecule has 1 N–H and O–H groups in total. The number of amides is 1. The fraction of sp³-hybridized carbons (Fsp3) is 0.407. The van der Waals surface area contributed by atoms with E-state index in [2.05, 4.69) is 36.4 Å². The number of carbonyl (C=O) groups excluding carboxylic acids is 1. The van der Waals surface area contributed by atoms with Gasteiger partial charge in [0.15, 0.2) is 6.61 Å². The summed E-state index contributed by atoms with van der Waals surface area (Å²) < 4.78 is 13.9. The summed E-state index contributed by atoms with van der Waals surface area (Å²) in [5, 5.41) is 7.84. The average Bonchev–Trinajstić information content (AvgIpc) is 3.13. The van der Waals surface area contributed by atoms with Crippen LogP contribution in [0.1, 0.15) is 49.1 Å². The molecule has 1 saturated heterocycles. The first kappa shape index (κ1) is 24.3. The molecule has 0 aliphatic carbocycles. The quantitative estimate of drug-likeness (QED) is 0.455. The van der Waals surface area contributed by atoms with Gasteiger partial charge in [-0.2, -0.15) is 5.10 Å². The molecule has 2 aromatic carbocycles. The van der Waals surface area contributed by atoms with Crippen molar-refractivity contribution in [2.24, 2.45) is 18.9 Å². The highest BCUT2D eigenvalue weighted by Crippen LogP contribution is 2.44. The van der Waals surface area contributed by atoms with E-state index in [1.807, 2.05) is 50.4 Å². The Kier molecular flexibility index (Phi) is 7.59. The molecule has 1 aliphatic heterocycles. The number of aryl methyl sites for hydroxylation is 2. The van der Waals surface area contributed by atoms with Gasteiger partial charge in [-0.05, 0) is 60.6 Å². The number of ether oxygens (including phenoxy) is 2. The summed E-state index contributed by atoms with van der Waals surface area (Å²) in [5.74, 6) is 1.55. The van der Waals surface area contributed by atoms with Crippen LogP contribution in [-0.4, -0.2) is 28.9 Å². The maximum atomic E-state index is 12.4. The lowest BCUT2D eigenvalue weighted by Crippen LogP contribution is -2.31. The van der Waals surface area contributed by atoms with Crippen molar-refractivity contribution >= 4 is 23.2 Å². The second-order valence-electron chi connectivity index (χ2n) is 9.36. The zero-order valence-corrected chi connectivity index (χ0v) is 20.9. The van der Waals surface area contributed by atoms with Gasteiger partial charge < -0.3 is 14.8 Å². The first-order chi connectivity index (χ1) is 16.3. The molecule has 7 heteroatoms. The molecule has 6 nitrogen and oxygen atoms in total. The van der Waals surface area contributed by atoms with Gasteiger partial charge in [0.2, 0.25) is 0 Å². The van der Waals surface area contributed by atoms with Crippen LogP contribution in [0.3, 0.4) is 0 Å². The van der Waals surface area contributed by atoms with Gasteiger partial charge in [-0.3, -0.25) is 9.48 Å². The van der Waals surface area contributed by atoms with Crippen LogP contribution in [0.2, 0.25) is 5.02 Å². The third kappa shape index (κ3) is 5.80. The number of benzene rings is 2. The molecule has 1 amide bonds. The van der Waals surface area contributed by atoms with Crippen LogP contribution in [0.15, 0.2) is 54.7 Å². The molecule has 0 bridgehead atoms. The lowest BCUT2D eigenvalue weighted by Gasteiger charge is -2.39. The molecule has 0 spiro atoms. The highest BCUT2D eigenvalue weighted by atomic mass is 35.5. The molecule has 0 radical (unpaired) electrons. The number of carbonyl (C=O) groups is 1. The Hall–Kier alpha value is -2.83. The van der Waals surface area contributed by atoms with Gasteiger partial charge >= 0.3 is 0 Å². The van der Waals surface area contributed by atoms with Gasteiger partial charge in [0.05, 0.1) is 24.1 Å². The molecule has 1 aliphatic rings. The van der Waals surface area contributed by atoms with E-state index >= 15 is 0 Å². The van der Waals surface area contributed by atoms with Crippen molar-refractivity contribution in [1.82, 2.24) is 9.78 Å². The third-order valence-corrected chi connectivity index (χ3v) is 6.68. The van der Waals surface area contributed by atoms with E-state index in [1.165, 1.54) is 5.56 Å². The summed E-state index contributed by atoms with van der Waals surface area (Å²) in [6, 6.07) is 16.0. The van der Waals surface area contributed by atoms with E-state index in [9.17, 15) is 4.79 Å². The molecule has 0 unspecified atom stereocenters. The van der Waals surface area contributed by atoms with Crippen LogP contribution < -0.4 is 10.1 Å². The fourth-order valence-corrected chi connectivity index (χ4v) is 4.86. The summed E-state index contributed by atoms with van der Waals surface area (Å²) in [7, 11) is 1.82. The van der Waals surface area contributed by atoms with E-state index in [0.717, 1.165) is 22.7 Å². The SMILES string of the molecule is Cc1nn(C)cc1NC(=O)COc1cccc([C@@H]2OC[C@@H](c3cccc(Cl)c3)C[C@H]2C(C)C)c1. The monoisotopic (exact) mass is 481 g/mol. The summed E-state index contributed by atoms with van der Waals surface area (Å²) in [4.78, 5) is 12.4. The fourth-order valence-electron chi connectivity index (χ4n) is 4.66. The Morgan fingerprint density at radius 3 is 2.71 bits per heavy atom. The van der Waals surface area contributed by atoms with Crippen molar-refractivity contribution in [3.8, 4) is 5.75 Å². The van der Waals surface area contributed by atoms with Gasteiger partial charge in [0.1, 0.15) is 5.75 Å². The van der Waals surface area contributed by atoms with Crippen LogP contribution in [0.5, 0.6) is 5.75 Å². The lowest BCUT2D eigenvalue weighted by molar-refractivity contribution is -0.118. The smallest absolute Gasteiger partial charge is 0.262 e. The Balaban J connectivity index is 1.41. The van der Waals surface area contributed by atoms with Crippen molar-refractivity contribution in [3.05, 3.63) is 76.6 Å². The van der Waals surface area contributed by atoms with Crippen LogP contribution in [0.25, 0.3) is 0 Å². The number of nitrogens with one attached hydrogen (secondary N) is 1. The average molecular weight is 482 g/mol. The predicted octanol–water partition coefficient (Wildman–Crippen LogP) is 5.92. The second kappa shape index (κ2) is 10.6. The van der Waals surface area contributed by atoms with E-state index in [0.29, 0.717) is 35.8 Å². The van der Waals surface area contributed by atoms with Gasteiger partial charge in [0.25, 0.3) is 5.91 Å². The standard InChI is InChI=1S/C27H32ClN3O3/c1-17(2)24-13-21(19-7-5-9-22(28)11-19)15-34-27(24)20-8-6-10-23(12-20)33-16-26(32)29-25-14-31(4)30-18(25)3/h5-12,14,17,21,24,27H,13,15-16H2,1-4H3,(H,29,32)/t21-,24-,27-/m0/s1. The van der Waals surface area contributed by atoms with Crippen LogP contribution >= 0.6 is 11.6 Å². The molecular weight excluding hydrogens is 450 g/mol. The third-order valence-electron chi connectivity index (χ3n) is 6.44. The van der Waals surface area contributed by atoms with Crippen molar-refractivity contribution in [3.63, 3.8) is 0 Å². The number of halogens is 1. The topological polar surface area (TPSA) is 65.4 Å². The zero-order valence-electron chi connectivity index (χ0n) is 20.1. The number of anilines is 1. The maximum Gasteiger partial charge on any atom is 0.262 e. The highest BCUT2D eigenvalue weighted by molar-refractivity contribution is 6.30. The molecule has 1 fully saturated rings. The van der Waals surface area contributed by atoms with Crippen molar-refractivity contribution in [1.29, 1.82) is 0 Å². The Labute approximate surface area is 206 Å². The van der Waals surface area contributed by atoms with E-state index in [4.69, 9.17) is 21.1 Å². The highest BCUT2D eigenvalue weighted by Gasteiger charge is 2.35. The predicted molar refractivity (Wildman–Crippen MR) is 134 cm³/mol. The lowest BCUT2D eigenvalue weighted by atomic mass is 9.76. The van der Waals surface area contributed by atoms with Crippen LogP contribution in [0.4, 0.5) is 5.69 Å². The minimum Gasteiger partial charge on any atom is -0.484 e. The maximum absolute atomic E-state index is 12.4. The molecule has 2 heterocycles. The molecule has 3 aromatic rings. The Bertz CT molecular complexity index is 1140. The van der Waals surface area contributed by atoms with Gasteiger partial charge in [-0.1, -0.05) is 49.7 Å². The summed E-state index contributed by atoms with van der Waals surface area (Å²) >= 11 is 6.22. The number of rotatable bonds is 7. The number of hydrogen-bond acceptors (Lipinski definition) is 4. The normalized spacial score (nSPS) is 20.4. The minimum absolute atomic E-state index is 0.0224. The molecular formula is C27H32ClN3O3. The molecule has 180 valence electrons. The largest absolute Gasteiger partial charge is 0.484 e. The Morgan fingerprint density at radius 2 is 2.00 bits per heavy atom. The zero-order chi connectivity index (χ0) is 24.2. The molecule has 3 atom stereocenters. The number of hydrogen-bond donors (Lipinski definition) is 1. The van der Waals surface area contributed by atoms with Gasteiger partial charge in [-0.25, -0.2) is 0 Å². The number of aromatic nitrogens is 2. The molecule has 4 rings (SSSR count). The van der Waals surface area contributed by atoms with Gasteiger partial charge in [0, 0.05) is 24.2 Å². The summed E-state index contributed by atoms with van der Waals surface area (Å²) in [6.07, 6.45) is 2.78. The van der Waals surface area contributed by atoms with Crippen LogP contribution in [0, 0.1) is 18.8 Å². The van der Waals surface area contributed by atoms with Crippen LogP contribution in [-0.2, 0) is 16.6 Å². The summed E-state index contributed by atoms with van der Waals surface area (Å²) in [6.45, 7) is 6.91. The second-order valence-corrected chi connectivity index (χ2v) is 9.80. The molecule has 0 saturated carbocycles. The minimum atomic E-state index is -0.222. The van der Waals surface area contributed by atoms with E-state index in [-0.39, 0.29) is 18.6 Å². The van der Waals surface area contributed by atoms with Crippen molar-refractivity contribution in [2.45, 2.75) is 39.2 Å². The van der Waals surface area contributed by atoms with Crippen molar-refractivity contribution in [2.75, 3.05) is 18.5 Å². The Morgan fingerprint density at radius 1 is 1.24 bits per heavy atom. The molecule has 1 aromatic heterocycles. The van der Waals surface area contributed by atoms with E-state index < -0.39 is 0 Å². The first-order valence-corrected chi connectivity index (χ1v) is 12.1. The molecule has 34 heavy (non-hydrogen) atoms. The van der Waals surface area contributed by atoms with Crippen molar-refractivity contribution < 1.29 is 14.3 Å². The van der Waals surface area contributed by atoms with Gasteiger partial charge in [-0.15, -0.1) is 0 Å². The first-order valence-electron chi connectivity index (χ1n) is 11.7. The van der Waals surface area contributed by atoms with E-state index in [1.54, 1.807) is 10.9 Å².